The zero-order chi connectivity index (χ0) is 21.1. The fourth-order valence-corrected chi connectivity index (χ4v) is 4.22. The molecule has 2 aliphatic rings. The van der Waals surface area contributed by atoms with Gasteiger partial charge in [-0.1, -0.05) is 11.5 Å². The first-order valence-electron chi connectivity index (χ1n) is 9.95. The van der Waals surface area contributed by atoms with E-state index in [4.69, 9.17) is 14.0 Å². The van der Waals surface area contributed by atoms with E-state index in [0.717, 1.165) is 12.8 Å². The molecule has 0 aromatic rings. The molecule has 0 bridgehead atoms. The molecule has 6 heteroatoms. The van der Waals surface area contributed by atoms with E-state index in [1.165, 1.54) is 5.57 Å². The maximum absolute atomic E-state index is 12.9. The number of amides is 1. The number of hydrogen-bond donors (Lipinski definition) is 0. The van der Waals surface area contributed by atoms with Crippen molar-refractivity contribution in [2.75, 3.05) is 0 Å². The molecule has 2 rings (SSSR count). The van der Waals surface area contributed by atoms with Crippen molar-refractivity contribution >= 4 is 13.2 Å². The molecule has 0 N–H and O–H groups in total. The lowest BCUT2D eigenvalue weighted by Crippen LogP contribution is -2.62. The Labute approximate surface area is 165 Å². The van der Waals surface area contributed by atoms with E-state index in [1.54, 1.807) is 0 Å². The molecular formula is C21H38BNO4. The lowest BCUT2D eigenvalue weighted by atomic mass is 9.73. The first-order valence-corrected chi connectivity index (χ1v) is 9.95. The van der Waals surface area contributed by atoms with Crippen molar-refractivity contribution in [3.63, 3.8) is 0 Å². The highest BCUT2D eigenvalue weighted by Gasteiger charge is 2.52. The molecule has 1 amide bonds. The van der Waals surface area contributed by atoms with Gasteiger partial charge in [0, 0.05) is 11.1 Å². The summed E-state index contributed by atoms with van der Waals surface area (Å²) in [7, 11) is -0.357. The highest BCUT2D eigenvalue weighted by Crippen LogP contribution is 2.43. The minimum atomic E-state index is -0.512. The van der Waals surface area contributed by atoms with Crippen LogP contribution in [0, 0.1) is 0 Å². The summed E-state index contributed by atoms with van der Waals surface area (Å²) in [6.45, 7) is 22.3. The van der Waals surface area contributed by atoms with Crippen LogP contribution in [0.2, 0.25) is 0 Å². The molecule has 2 fully saturated rings. The Bertz CT molecular complexity index is 593. The van der Waals surface area contributed by atoms with Crippen molar-refractivity contribution < 1.29 is 18.8 Å². The Kier molecular flexibility index (Phi) is 5.38. The molecular weight excluding hydrogens is 341 g/mol. The summed E-state index contributed by atoms with van der Waals surface area (Å²) in [5, 5.41) is 0. The number of likely N-dealkylation sites (tertiary alicyclic amines) is 1. The van der Waals surface area contributed by atoms with Crippen molar-refractivity contribution in [2.45, 2.75) is 117 Å². The summed E-state index contributed by atoms with van der Waals surface area (Å²) in [6, 6.07) is 0. The fourth-order valence-electron chi connectivity index (χ4n) is 4.22. The SMILES string of the molecule is CC(C)(C)OC(=O)N1C(C)(C)CC(=CB2OC(C)(C)C(C)(C)O2)CC1(C)C. The molecule has 27 heavy (non-hydrogen) atoms. The van der Waals surface area contributed by atoms with Crippen LogP contribution >= 0.6 is 0 Å². The van der Waals surface area contributed by atoms with E-state index >= 15 is 0 Å². The number of nitrogens with zero attached hydrogens (tertiary/aromatic N) is 1. The van der Waals surface area contributed by atoms with Gasteiger partial charge in [0.25, 0.3) is 0 Å². The topological polar surface area (TPSA) is 48.0 Å². The first kappa shape index (κ1) is 22.3. The molecule has 0 atom stereocenters. The molecule has 154 valence electrons. The lowest BCUT2D eigenvalue weighted by Gasteiger charge is -2.53. The minimum Gasteiger partial charge on any atom is -0.444 e. The largest absolute Gasteiger partial charge is 0.487 e. The van der Waals surface area contributed by atoms with Crippen LogP contribution in [0.25, 0.3) is 0 Å². The number of ether oxygens (including phenoxy) is 1. The molecule has 2 heterocycles. The third-order valence-corrected chi connectivity index (χ3v) is 5.75. The third-order valence-electron chi connectivity index (χ3n) is 5.75. The van der Waals surface area contributed by atoms with Gasteiger partial charge < -0.3 is 14.0 Å². The van der Waals surface area contributed by atoms with Crippen LogP contribution in [0.1, 0.15) is 89.0 Å². The van der Waals surface area contributed by atoms with Crippen LogP contribution in [0.15, 0.2) is 11.5 Å². The van der Waals surface area contributed by atoms with Crippen LogP contribution in [-0.4, -0.2) is 46.0 Å². The van der Waals surface area contributed by atoms with Crippen molar-refractivity contribution in [1.82, 2.24) is 4.90 Å². The second-order valence-electron chi connectivity index (χ2n) is 11.2. The van der Waals surface area contributed by atoms with Crippen molar-refractivity contribution in [3.8, 4) is 0 Å². The van der Waals surface area contributed by atoms with Gasteiger partial charge >= 0.3 is 13.2 Å². The summed E-state index contributed by atoms with van der Waals surface area (Å²) < 4.78 is 18.0. The number of hydrogen-bond acceptors (Lipinski definition) is 4. The lowest BCUT2D eigenvalue weighted by molar-refractivity contribution is -0.0402. The van der Waals surface area contributed by atoms with Gasteiger partial charge in [-0.15, -0.1) is 0 Å². The van der Waals surface area contributed by atoms with E-state index < -0.39 is 5.60 Å². The molecule has 0 unspecified atom stereocenters. The van der Waals surface area contributed by atoms with Gasteiger partial charge in [-0.25, -0.2) is 4.79 Å². The monoisotopic (exact) mass is 379 g/mol. The van der Waals surface area contributed by atoms with Gasteiger partial charge in [-0.05, 0) is 89.0 Å². The molecule has 2 saturated heterocycles. The van der Waals surface area contributed by atoms with Crippen LogP contribution in [0.5, 0.6) is 0 Å². The average molecular weight is 379 g/mol. The average Bonchev–Trinajstić information content (AvgIpc) is 2.49. The molecule has 0 radical (unpaired) electrons. The zero-order valence-corrected chi connectivity index (χ0v) is 19.1. The zero-order valence-electron chi connectivity index (χ0n) is 19.1. The second kappa shape index (κ2) is 6.52. The number of carbonyl (C=O) groups excluding carboxylic acids is 1. The van der Waals surface area contributed by atoms with Gasteiger partial charge in [0.1, 0.15) is 5.60 Å². The molecule has 0 aromatic heterocycles. The van der Waals surface area contributed by atoms with Crippen molar-refractivity contribution in [2.24, 2.45) is 0 Å². The fraction of sp³-hybridized carbons (Fsp3) is 0.857. The Morgan fingerprint density at radius 3 is 1.74 bits per heavy atom. The summed E-state index contributed by atoms with van der Waals surface area (Å²) >= 11 is 0. The number of rotatable bonds is 1. The van der Waals surface area contributed by atoms with Gasteiger partial charge in [-0.3, -0.25) is 4.90 Å². The predicted octanol–water partition coefficient (Wildman–Crippen LogP) is 5.13. The van der Waals surface area contributed by atoms with Crippen LogP contribution < -0.4 is 0 Å². The van der Waals surface area contributed by atoms with Crippen LogP contribution in [-0.2, 0) is 14.0 Å². The molecule has 0 saturated carbocycles. The number of piperidine rings is 1. The van der Waals surface area contributed by atoms with E-state index in [1.807, 2.05) is 25.7 Å². The first-order chi connectivity index (χ1) is 11.9. The van der Waals surface area contributed by atoms with Crippen LogP contribution in [0.4, 0.5) is 4.79 Å². The minimum absolute atomic E-state index is 0.257. The predicted molar refractivity (Wildman–Crippen MR) is 110 cm³/mol. The van der Waals surface area contributed by atoms with Crippen molar-refractivity contribution in [3.05, 3.63) is 11.5 Å². The Balaban J connectivity index is 2.24. The molecule has 0 spiro atoms. The molecule has 0 aromatic carbocycles. The Hall–Kier alpha value is -1.01. The van der Waals surface area contributed by atoms with Crippen molar-refractivity contribution in [1.29, 1.82) is 0 Å². The van der Waals surface area contributed by atoms with Gasteiger partial charge in [0.2, 0.25) is 0 Å². The smallest absolute Gasteiger partial charge is 0.444 e. The van der Waals surface area contributed by atoms with Gasteiger partial charge in [-0.2, -0.15) is 0 Å². The quantitative estimate of drug-likeness (QED) is 0.593. The maximum atomic E-state index is 12.9. The Morgan fingerprint density at radius 2 is 1.37 bits per heavy atom. The highest BCUT2D eigenvalue weighted by molar-refractivity contribution is 6.51. The third kappa shape index (κ3) is 4.71. The normalized spacial score (nSPS) is 26.1. The Morgan fingerprint density at radius 1 is 0.963 bits per heavy atom. The highest BCUT2D eigenvalue weighted by atomic mass is 16.7. The summed E-state index contributed by atoms with van der Waals surface area (Å²) in [4.78, 5) is 14.8. The summed E-state index contributed by atoms with van der Waals surface area (Å²) in [5.41, 5.74) is -0.682. The van der Waals surface area contributed by atoms with E-state index in [0.29, 0.717) is 0 Å². The van der Waals surface area contributed by atoms with Crippen LogP contribution in [0.3, 0.4) is 0 Å². The van der Waals surface area contributed by atoms with E-state index in [9.17, 15) is 4.79 Å². The number of carbonyl (C=O) groups is 1. The second-order valence-corrected chi connectivity index (χ2v) is 11.2. The standard InChI is InChI=1S/C21H38BNO4/c1-17(2,3)25-16(24)23-18(4,5)12-15(13-19(23,6)7)14-22-26-20(8,9)21(10,11)27-22/h14H,12-13H2,1-11H3. The van der Waals surface area contributed by atoms with E-state index in [-0.39, 0.29) is 35.5 Å². The van der Waals surface area contributed by atoms with Gasteiger partial charge in [0.15, 0.2) is 0 Å². The summed E-state index contributed by atoms with van der Waals surface area (Å²) in [5.74, 6) is 2.10. The maximum Gasteiger partial charge on any atom is 0.487 e. The summed E-state index contributed by atoms with van der Waals surface area (Å²) in [6.07, 6.45) is 1.27. The molecule has 0 aliphatic carbocycles. The van der Waals surface area contributed by atoms with E-state index in [2.05, 4.69) is 61.4 Å². The molecule has 5 nitrogen and oxygen atoms in total. The molecule has 2 aliphatic heterocycles. The van der Waals surface area contributed by atoms with Gasteiger partial charge in [0.05, 0.1) is 11.2 Å².